The molecule has 0 spiro atoms. The Morgan fingerprint density at radius 2 is 2.00 bits per heavy atom. The van der Waals surface area contributed by atoms with Gasteiger partial charge in [0.2, 0.25) is 0 Å². The molecule has 2 rings (SSSR count). The second kappa shape index (κ2) is 8.29. The zero-order chi connectivity index (χ0) is 17.5. The number of hydrogen-bond donors (Lipinski definition) is 1. The maximum absolute atomic E-state index is 12.2. The van der Waals surface area contributed by atoms with Crippen molar-refractivity contribution in [3.8, 4) is 11.5 Å². The van der Waals surface area contributed by atoms with Gasteiger partial charge >= 0.3 is 6.61 Å². The average Bonchev–Trinajstić information content (AvgIpc) is 2.54. The molecular weight excluding hydrogens is 316 g/mol. The summed E-state index contributed by atoms with van der Waals surface area (Å²) in [7, 11) is 0. The van der Waals surface area contributed by atoms with Crippen molar-refractivity contribution >= 4 is 5.91 Å². The van der Waals surface area contributed by atoms with E-state index in [1.165, 1.54) is 12.1 Å². The van der Waals surface area contributed by atoms with Crippen LogP contribution in [0.4, 0.5) is 8.78 Å². The van der Waals surface area contributed by atoms with Crippen molar-refractivity contribution < 1.29 is 23.0 Å². The third kappa shape index (κ3) is 4.94. The van der Waals surface area contributed by atoms with Crippen LogP contribution in [0.3, 0.4) is 0 Å². The van der Waals surface area contributed by atoms with Gasteiger partial charge in [-0.25, -0.2) is 0 Å². The lowest BCUT2D eigenvalue weighted by Gasteiger charge is -2.10. The van der Waals surface area contributed by atoms with Crippen LogP contribution >= 0.6 is 0 Å². The first-order valence-electron chi connectivity index (χ1n) is 7.55. The quantitative estimate of drug-likeness (QED) is 0.834. The maximum atomic E-state index is 12.2. The standard InChI is InChI=1S/C18H19F2NO3/c1-3-23-16-8-7-14(9-12(16)2)17(22)21-11-13-5-4-6-15(10-13)24-18(19)20/h4-10,18H,3,11H2,1-2H3,(H,21,22). The Morgan fingerprint density at radius 3 is 2.67 bits per heavy atom. The van der Waals surface area contributed by atoms with Crippen molar-refractivity contribution in [3.05, 3.63) is 59.2 Å². The lowest BCUT2D eigenvalue weighted by Crippen LogP contribution is -2.22. The van der Waals surface area contributed by atoms with Gasteiger partial charge in [-0.3, -0.25) is 4.79 Å². The largest absolute Gasteiger partial charge is 0.494 e. The predicted molar refractivity (Wildman–Crippen MR) is 86.6 cm³/mol. The number of benzene rings is 2. The van der Waals surface area contributed by atoms with Crippen LogP contribution in [0.15, 0.2) is 42.5 Å². The molecule has 0 fully saturated rings. The lowest BCUT2D eigenvalue weighted by atomic mass is 10.1. The van der Waals surface area contributed by atoms with Crippen LogP contribution < -0.4 is 14.8 Å². The highest BCUT2D eigenvalue weighted by molar-refractivity contribution is 5.94. The molecule has 0 unspecified atom stereocenters. The second-order valence-electron chi connectivity index (χ2n) is 5.12. The van der Waals surface area contributed by atoms with E-state index >= 15 is 0 Å². The fraction of sp³-hybridized carbons (Fsp3) is 0.278. The Balaban J connectivity index is 1.99. The van der Waals surface area contributed by atoms with E-state index in [1.54, 1.807) is 30.3 Å². The van der Waals surface area contributed by atoms with Gasteiger partial charge in [-0.2, -0.15) is 8.78 Å². The predicted octanol–water partition coefficient (Wildman–Crippen LogP) is 3.93. The summed E-state index contributed by atoms with van der Waals surface area (Å²) in [5.41, 5.74) is 2.05. The van der Waals surface area contributed by atoms with Crippen LogP contribution in [0.25, 0.3) is 0 Å². The molecule has 2 aromatic rings. The first-order valence-corrected chi connectivity index (χ1v) is 7.55. The number of halogens is 2. The normalized spacial score (nSPS) is 10.5. The molecule has 0 aliphatic heterocycles. The minimum atomic E-state index is -2.87. The molecular formula is C18H19F2NO3. The molecule has 0 aliphatic rings. The molecule has 4 nitrogen and oxygen atoms in total. The van der Waals surface area contributed by atoms with Crippen molar-refractivity contribution in [2.24, 2.45) is 0 Å². The molecule has 0 saturated carbocycles. The molecule has 0 atom stereocenters. The molecule has 128 valence electrons. The highest BCUT2D eigenvalue weighted by Gasteiger charge is 2.09. The number of ether oxygens (including phenoxy) is 2. The Bertz CT molecular complexity index is 704. The van der Waals surface area contributed by atoms with Gasteiger partial charge in [-0.1, -0.05) is 12.1 Å². The first kappa shape index (κ1) is 17.7. The zero-order valence-electron chi connectivity index (χ0n) is 13.5. The van der Waals surface area contributed by atoms with E-state index in [2.05, 4.69) is 10.1 Å². The molecule has 0 saturated heterocycles. The van der Waals surface area contributed by atoms with Gasteiger partial charge in [-0.15, -0.1) is 0 Å². The average molecular weight is 335 g/mol. The van der Waals surface area contributed by atoms with E-state index in [0.29, 0.717) is 17.7 Å². The molecule has 24 heavy (non-hydrogen) atoms. The summed E-state index contributed by atoms with van der Waals surface area (Å²) in [5, 5.41) is 2.75. The number of nitrogens with one attached hydrogen (secondary N) is 1. The molecule has 0 radical (unpaired) electrons. The number of rotatable bonds is 7. The van der Waals surface area contributed by atoms with Gasteiger partial charge in [0, 0.05) is 12.1 Å². The van der Waals surface area contributed by atoms with Crippen molar-refractivity contribution in [3.63, 3.8) is 0 Å². The second-order valence-corrected chi connectivity index (χ2v) is 5.12. The fourth-order valence-electron chi connectivity index (χ4n) is 2.22. The minimum absolute atomic E-state index is 0.0636. The van der Waals surface area contributed by atoms with E-state index < -0.39 is 6.61 Å². The molecule has 0 aromatic heterocycles. The van der Waals surface area contributed by atoms with Gasteiger partial charge < -0.3 is 14.8 Å². The monoisotopic (exact) mass is 335 g/mol. The van der Waals surface area contributed by atoms with E-state index in [1.807, 2.05) is 13.8 Å². The number of carbonyl (C=O) groups is 1. The van der Waals surface area contributed by atoms with Crippen molar-refractivity contribution in [1.29, 1.82) is 0 Å². The third-order valence-electron chi connectivity index (χ3n) is 3.31. The highest BCUT2D eigenvalue weighted by Crippen LogP contribution is 2.19. The molecule has 0 aliphatic carbocycles. The van der Waals surface area contributed by atoms with Crippen LogP contribution in [0.2, 0.25) is 0 Å². The Morgan fingerprint density at radius 1 is 1.21 bits per heavy atom. The molecule has 0 heterocycles. The summed E-state index contributed by atoms with van der Waals surface area (Å²) in [4.78, 5) is 12.2. The summed E-state index contributed by atoms with van der Waals surface area (Å²) in [6.07, 6.45) is 0. The minimum Gasteiger partial charge on any atom is -0.494 e. The Kier molecular flexibility index (Phi) is 6.12. The summed E-state index contributed by atoms with van der Waals surface area (Å²) in [5.74, 6) is 0.556. The van der Waals surface area contributed by atoms with Crippen molar-refractivity contribution in [2.75, 3.05) is 6.61 Å². The van der Waals surface area contributed by atoms with E-state index in [0.717, 1.165) is 11.3 Å². The van der Waals surface area contributed by atoms with Gasteiger partial charge in [-0.05, 0) is 55.3 Å². The summed E-state index contributed by atoms with van der Waals surface area (Å²) in [6.45, 7) is 1.66. The van der Waals surface area contributed by atoms with Crippen LogP contribution in [0.1, 0.15) is 28.4 Å². The molecule has 1 amide bonds. The van der Waals surface area contributed by atoms with Crippen LogP contribution in [0.5, 0.6) is 11.5 Å². The Labute approximate surface area is 139 Å². The number of aryl methyl sites for hydroxylation is 1. The maximum Gasteiger partial charge on any atom is 0.387 e. The van der Waals surface area contributed by atoms with Gasteiger partial charge in [0.05, 0.1) is 6.61 Å². The summed E-state index contributed by atoms with van der Waals surface area (Å²) >= 11 is 0. The summed E-state index contributed by atoms with van der Waals surface area (Å²) in [6, 6.07) is 11.4. The van der Waals surface area contributed by atoms with Crippen molar-refractivity contribution in [2.45, 2.75) is 27.0 Å². The van der Waals surface area contributed by atoms with Crippen LogP contribution in [-0.4, -0.2) is 19.1 Å². The van der Waals surface area contributed by atoms with E-state index in [4.69, 9.17) is 4.74 Å². The molecule has 1 N–H and O–H groups in total. The number of amides is 1. The number of alkyl halides is 2. The SMILES string of the molecule is CCOc1ccc(C(=O)NCc2cccc(OC(F)F)c2)cc1C. The Hall–Kier alpha value is -2.63. The fourth-order valence-corrected chi connectivity index (χ4v) is 2.22. The van der Waals surface area contributed by atoms with Gasteiger partial charge in [0.15, 0.2) is 0 Å². The molecule has 2 aromatic carbocycles. The van der Waals surface area contributed by atoms with E-state index in [9.17, 15) is 13.6 Å². The smallest absolute Gasteiger partial charge is 0.387 e. The summed E-state index contributed by atoms with van der Waals surface area (Å²) < 4.78 is 34.2. The molecule has 6 heteroatoms. The highest BCUT2D eigenvalue weighted by atomic mass is 19.3. The molecule has 0 bridgehead atoms. The lowest BCUT2D eigenvalue weighted by molar-refractivity contribution is -0.0498. The topological polar surface area (TPSA) is 47.6 Å². The van der Waals surface area contributed by atoms with Crippen LogP contribution in [0, 0.1) is 6.92 Å². The number of carbonyl (C=O) groups excluding carboxylic acids is 1. The first-order chi connectivity index (χ1) is 11.5. The van der Waals surface area contributed by atoms with Crippen molar-refractivity contribution in [1.82, 2.24) is 5.32 Å². The van der Waals surface area contributed by atoms with E-state index in [-0.39, 0.29) is 18.2 Å². The third-order valence-corrected chi connectivity index (χ3v) is 3.31. The number of hydrogen-bond acceptors (Lipinski definition) is 3. The zero-order valence-corrected chi connectivity index (χ0v) is 13.5. The van der Waals surface area contributed by atoms with Gasteiger partial charge in [0.1, 0.15) is 11.5 Å². The van der Waals surface area contributed by atoms with Crippen LogP contribution in [-0.2, 0) is 6.54 Å². The van der Waals surface area contributed by atoms with Gasteiger partial charge in [0.25, 0.3) is 5.91 Å².